The molecular formula is C24H30N6O. The molecule has 1 aromatic heterocycles. The number of aliphatic imine (C=N–C) groups is 1. The van der Waals surface area contributed by atoms with Crippen molar-refractivity contribution in [3.05, 3.63) is 83.7 Å². The van der Waals surface area contributed by atoms with Crippen LogP contribution in [0.5, 0.6) is 0 Å². The van der Waals surface area contributed by atoms with E-state index >= 15 is 0 Å². The van der Waals surface area contributed by atoms with Crippen LogP contribution in [0.3, 0.4) is 0 Å². The summed E-state index contributed by atoms with van der Waals surface area (Å²) in [4.78, 5) is 6.73. The summed E-state index contributed by atoms with van der Waals surface area (Å²) in [5.74, 6) is 0.783. The van der Waals surface area contributed by atoms with Gasteiger partial charge in [-0.25, -0.2) is 0 Å². The lowest BCUT2D eigenvalue weighted by molar-refractivity contribution is 0.122. The third-order valence-corrected chi connectivity index (χ3v) is 5.45. The topological polar surface area (TPSA) is 66.7 Å². The zero-order chi connectivity index (χ0) is 21.3. The van der Waals surface area contributed by atoms with Crippen molar-refractivity contribution in [3.63, 3.8) is 0 Å². The number of morpholine rings is 1. The molecule has 0 atom stereocenters. The SMILES string of the molecule is CN=C(NCc1ccc(N2CCOCC2)cc1)NCc1ccccc1Cn1cccn1. The molecule has 1 saturated heterocycles. The van der Waals surface area contributed by atoms with Crippen LogP contribution in [0, 0.1) is 0 Å². The minimum Gasteiger partial charge on any atom is -0.378 e. The van der Waals surface area contributed by atoms with Crippen LogP contribution < -0.4 is 15.5 Å². The van der Waals surface area contributed by atoms with Gasteiger partial charge >= 0.3 is 0 Å². The average molecular weight is 419 g/mol. The predicted octanol–water partition coefficient (Wildman–Crippen LogP) is 2.63. The first-order chi connectivity index (χ1) is 15.3. The number of nitrogens with zero attached hydrogens (tertiary/aromatic N) is 4. The molecule has 1 fully saturated rings. The highest BCUT2D eigenvalue weighted by Crippen LogP contribution is 2.16. The molecule has 0 radical (unpaired) electrons. The van der Waals surface area contributed by atoms with Crippen molar-refractivity contribution in [2.75, 3.05) is 38.3 Å². The standard InChI is InChI=1S/C24H30N6O/c1-25-24(26-17-20-7-9-23(10-8-20)29-13-15-31-16-14-29)27-18-21-5-2-3-6-22(21)19-30-12-4-11-28-30/h2-12H,13-19H2,1H3,(H2,25,26,27). The van der Waals surface area contributed by atoms with E-state index in [2.05, 4.69) is 74.2 Å². The van der Waals surface area contributed by atoms with Gasteiger partial charge in [-0.1, -0.05) is 36.4 Å². The van der Waals surface area contributed by atoms with Gasteiger partial charge in [-0.2, -0.15) is 5.10 Å². The summed E-state index contributed by atoms with van der Waals surface area (Å²) in [5, 5.41) is 11.1. The second kappa shape index (κ2) is 10.6. The molecule has 31 heavy (non-hydrogen) atoms. The van der Waals surface area contributed by atoms with Gasteiger partial charge in [0.15, 0.2) is 5.96 Å². The number of anilines is 1. The molecule has 3 aromatic rings. The quantitative estimate of drug-likeness (QED) is 0.456. The van der Waals surface area contributed by atoms with Crippen molar-refractivity contribution in [3.8, 4) is 0 Å². The molecule has 0 amide bonds. The third-order valence-electron chi connectivity index (χ3n) is 5.45. The van der Waals surface area contributed by atoms with Crippen LogP contribution in [-0.2, 0) is 24.4 Å². The summed E-state index contributed by atoms with van der Waals surface area (Å²) in [6.45, 7) is 5.69. The Kier molecular flexibility index (Phi) is 7.18. The summed E-state index contributed by atoms with van der Waals surface area (Å²) in [6.07, 6.45) is 3.79. The summed E-state index contributed by atoms with van der Waals surface area (Å²) in [5.41, 5.74) is 4.95. The Balaban J connectivity index is 1.29. The van der Waals surface area contributed by atoms with Crippen LogP contribution in [0.2, 0.25) is 0 Å². The molecule has 7 heteroatoms. The lowest BCUT2D eigenvalue weighted by Gasteiger charge is -2.28. The van der Waals surface area contributed by atoms with E-state index < -0.39 is 0 Å². The van der Waals surface area contributed by atoms with Crippen molar-refractivity contribution < 1.29 is 4.74 Å². The number of nitrogens with one attached hydrogen (secondary N) is 2. The first kappa shape index (κ1) is 20.9. The highest BCUT2D eigenvalue weighted by Gasteiger charge is 2.11. The summed E-state index contributed by atoms with van der Waals surface area (Å²) in [7, 11) is 1.80. The maximum Gasteiger partial charge on any atom is 0.191 e. The molecule has 1 aliphatic heterocycles. The van der Waals surface area contributed by atoms with Crippen molar-refractivity contribution >= 4 is 11.6 Å². The molecule has 0 aliphatic carbocycles. The van der Waals surface area contributed by atoms with Gasteiger partial charge in [0.25, 0.3) is 0 Å². The highest BCUT2D eigenvalue weighted by atomic mass is 16.5. The van der Waals surface area contributed by atoms with Crippen LogP contribution in [-0.4, -0.2) is 49.1 Å². The van der Waals surface area contributed by atoms with E-state index in [1.54, 1.807) is 13.2 Å². The lowest BCUT2D eigenvalue weighted by Crippen LogP contribution is -2.37. The Bertz CT molecular complexity index is 962. The van der Waals surface area contributed by atoms with Gasteiger partial charge in [0.2, 0.25) is 0 Å². The van der Waals surface area contributed by atoms with E-state index in [1.165, 1.54) is 22.4 Å². The van der Waals surface area contributed by atoms with Gasteiger partial charge in [0.05, 0.1) is 19.8 Å². The third kappa shape index (κ3) is 5.86. The van der Waals surface area contributed by atoms with Crippen LogP contribution in [0.4, 0.5) is 5.69 Å². The molecule has 7 nitrogen and oxygen atoms in total. The minimum absolute atomic E-state index is 0.701. The normalized spacial score (nSPS) is 14.5. The van der Waals surface area contributed by atoms with Gasteiger partial charge in [0, 0.05) is 51.3 Å². The first-order valence-corrected chi connectivity index (χ1v) is 10.7. The second-order valence-electron chi connectivity index (χ2n) is 7.52. The molecule has 162 valence electrons. The van der Waals surface area contributed by atoms with Crippen molar-refractivity contribution in [2.24, 2.45) is 4.99 Å². The smallest absolute Gasteiger partial charge is 0.191 e. The zero-order valence-corrected chi connectivity index (χ0v) is 18.0. The van der Waals surface area contributed by atoms with Crippen LogP contribution in [0.25, 0.3) is 0 Å². The Morgan fingerprint density at radius 1 is 0.968 bits per heavy atom. The maximum atomic E-state index is 5.43. The van der Waals surface area contributed by atoms with E-state index in [1.807, 2.05) is 16.9 Å². The average Bonchev–Trinajstić information content (AvgIpc) is 3.34. The molecule has 0 saturated carbocycles. The van der Waals surface area contributed by atoms with Crippen molar-refractivity contribution in [2.45, 2.75) is 19.6 Å². The van der Waals surface area contributed by atoms with Crippen LogP contribution in [0.15, 0.2) is 72.0 Å². The Morgan fingerprint density at radius 2 is 1.71 bits per heavy atom. The van der Waals surface area contributed by atoms with Gasteiger partial charge < -0.3 is 20.3 Å². The molecule has 4 rings (SSSR count). The Morgan fingerprint density at radius 3 is 2.42 bits per heavy atom. The fourth-order valence-electron chi connectivity index (χ4n) is 3.68. The highest BCUT2D eigenvalue weighted by molar-refractivity contribution is 5.79. The number of guanidine groups is 1. The molecule has 1 aliphatic rings. The summed E-state index contributed by atoms with van der Waals surface area (Å²) in [6, 6.07) is 19.1. The number of aromatic nitrogens is 2. The summed E-state index contributed by atoms with van der Waals surface area (Å²) >= 11 is 0. The van der Waals surface area contributed by atoms with E-state index in [-0.39, 0.29) is 0 Å². The second-order valence-corrected chi connectivity index (χ2v) is 7.52. The summed E-state index contributed by atoms with van der Waals surface area (Å²) < 4.78 is 7.37. The lowest BCUT2D eigenvalue weighted by atomic mass is 10.1. The number of rotatable bonds is 7. The van der Waals surface area contributed by atoms with Gasteiger partial charge in [-0.3, -0.25) is 9.67 Å². The molecule has 0 bridgehead atoms. The first-order valence-electron chi connectivity index (χ1n) is 10.7. The predicted molar refractivity (Wildman–Crippen MR) is 124 cm³/mol. The minimum atomic E-state index is 0.701. The largest absolute Gasteiger partial charge is 0.378 e. The van der Waals surface area contributed by atoms with Gasteiger partial charge in [-0.05, 0) is 34.9 Å². The van der Waals surface area contributed by atoms with E-state index in [9.17, 15) is 0 Å². The Labute approximate surface area is 183 Å². The molecule has 0 spiro atoms. The Hall–Kier alpha value is -3.32. The number of hydrogen-bond donors (Lipinski definition) is 2. The number of ether oxygens (including phenoxy) is 1. The van der Waals surface area contributed by atoms with Gasteiger partial charge in [-0.15, -0.1) is 0 Å². The fourth-order valence-corrected chi connectivity index (χ4v) is 3.68. The van der Waals surface area contributed by atoms with Crippen molar-refractivity contribution in [1.82, 2.24) is 20.4 Å². The van der Waals surface area contributed by atoms with Crippen molar-refractivity contribution in [1.29, 1.82) is 0 Å². The molecule has 2 N–H and O–H groups in total. The van der Waals surface area contributed by atoms with E-state index in [4.69, 9.17) is 4.74 Å². The van der Waals surface area contributed by atoms with Gasteiger partial charge in [0.1, 0.15) is 0 Å². The number of hydrogen-bond acceptors (Lipinski definition) is 4. The molecule has 0 unspecified atom stereocenters. The van der Waals surface area contributed by atoms with E-state index in [0.29, 0.717) is 6.54 Å². The monoisotopic (exact) mass is 418 g/mol. The molecule has 2 heterocycles. The maximum absolute atomic E-state index is 5.43. The zero-order valence-electron chi connectivity index (χ0n) is 18.0. The van der Waals surface area contributed by atoms with Crippen LogP contribution >= 0.6 is 0 Å². The number of benzene rings is 2. The molecular weight excluding hydrogens is 388 g/mol. The molecule has 2 aromatic carbocycles. The van der Waals surface area contributed by atoms with E-state index in [0.717, 1.165) is 45.4 Å². The fraction of sp³-hybridized carbons (Fsp3) is 0.333. The van der Waals surface area contributed by atoms with Crippen LogP contribution in [0.1, 0.15) is 16.7 Å².